The van der Waals surface area contributed by atoms with Crippen LogP contribution in [0.1, 0.15) is 174 Å². The van der Waals surface area contributed by atoms with Gasteiger partial charge in [-0.15, -0.1) is 0 Å². The van der Waals surface area contributed by atoms with Gasteiger partial charge in [0.1, 0.15) is 13.2 Å². The second-order valence-electron chi connectivity index (χ2n) is 14.3. The summed E-state index contributed by atoms with van der Waals surface area (Å²) in [4.78, 5) is 61.8. The highest BCUT2D eigenvalue weighted by Gasteiger charge is 2.20. The van der Waals surface area contributed by atoms with E-state index in [2.05, 4.69) is 24.5 Å². The van der Waals surface area contributed by atoms with E-state index in [-0.39, 0.29) is 50.3 Å². The van der Waals surface area contributed by atoms with Crippen LogP contribution in [0.25, 0.3) is 0 Å². The minimum Gasteiger partial charge on any atom is -0.462 e. The highest BCUT2D eigenvalue weighted by Crippen LogP contribution is 2.19. The molecule has 0 aliphatic rings. The number of nitrogens with two attached hydrogens (primary N) is 2. The van der Waals surface area contributed by atoms with Gasteiger partial charge in [0.2, 0.25) is 11.8 Å². The van der Waals surface area contributed by atoms with Crippen LogP contribution in [0.2, 0.25) is 0 Å². The van der Waals surface area contributed by atoms with E-state index in [1.807, 2.05) is 0 Å². The first kappa shape index (κ1) is 53.0. The fourth-order valence-corrected chi connectivity index (χ4v) is 7.49. The summed E-state index contributed by atoms with van der Waals surface area (Å²) in [7, 11) is 3.16. The maximum Gasteiger partial charge on any atom is 0.306 e. The topological polar surface area (TPSA) is 189 Å². The average molecular weight is 819 g/mol. The molecular formula is C41H78N4O8S2. The van der Waals surface area contributed by atoms with Gasteiger partial charge in [-0.2, -0.15) is 0 Å². The highest BCUT2D eigenvalue weighted by molar-refractivity contribution is 8.76. The van der Waals surface area contributed by atoms with E-state index in [0.29, 0.717) is 50.4 Å². The number of hydrogen-bond acceptors (Lipinski definition) is 12. The Kier molecular flexibility index (Phi) is 38.7. The standard InChI is InChI=1S/C41H78N4O8S2/c1-3-5-7-9-11-13-15-17-19-24-38(47)51-33-35(53-40(49)25-20-18-16-14-12-10-8-6-4-2)34-52-39(48)27-26-37(46)44-29-31-54-55-32-30-45-41(50)36(43)23-21-22-28-42/h35-36H,3-34,42-43H2,1-2H3,(H,44,46)(H,45,50)/t35-,36?/m1/s1. The molecule has 14 heteroatoms. The quantitative estimate of drug-likeness (QED) is 0.0205. The largest absolute Gasteiger partial charge is 0.462 e. The molecule has 0 aliphatic heterocycles. The summed E-state index contributed by atoms with van der Waals surface area (Å²) in [5.74, 6) is -0.412. The van der Waals surface area contributed by atoms with E-state index in [1.54, 1.807) is 21.6 Å². The molecule has 0 radical (unpaired) electrons. The number of carbonyl (C=O) groups excluding carboxylic acids is 5. The van der Waals surface area contributed by atoms with Crippen molar-refractivity contribution < 1.29 is 38.2 Å². The summed E-state index contributed by atoms with van der Waals surface area (Å²) in [5, 5.41) is 5.62. The lowest BCUT2D eigenvalue weighted by atomic mass is 10.1. The van der Waals surface area contributed by atoms with Crippen molar-refractivity contribution >= 4 is 51.3 Å². The first-order chi connectivity index (χ1) is 26.7. The smallest absolute Gasteiger partial charge is 0.306 e. The fourth-order valence-electron chi connectivity index (χ4n) is 5.68. The number of hydrogen-bond donors (Lipinski definition) is 4. The molecule has 0 bridgehead atoms. The molecule has 55 heavy (non-hydrogen) atoms. The van der Waals surface area contributed by atoms with Crippen LogP contribution < -0.4 is 22.1 Å². The summed E-state index contributed by atoms with van der Waals surface area (Å²) in [6.07, 6.45) is 22.3. The molecule has 0 saturated carbocycles. The lowest BCUT2D eigenvalue weighted by molar-refractivity contribution is -0.167. The Morgan fingerprint density at radius 2 is 1.00 bits per heavy atom. The Labute approximate surface area is 341 Å². The molecule has 0 aliphatic carbocycles. The summed E-state index contributed by atoms with van der Waals surface area (Å²) in [6, 6.07) is -0.515. The van der Waals surface area contributed by atoms with Gasteiger partial charge in [0.15, 0.2) is 6.10 Å². The monoisotopic (exact) mass is 819 g/mol. The molecule has 0 fully saturated rings. The minimum atomic E-state index is -0.906. The summed E-state index contributed by atoms with van der Waals surface area (Å²) < 4.78 is 16.4. The molecule has 12 nitrogen and oxygen atoms in total. The van der Waals surface area contributed by atoms with E-state index >= 15 is 0 Å². The van der Waals surface area contributed by atoms with Crippen LogP contribution >= 0.6 is 21.6 Å². The predicted octanol–water partition coefficient (Wildman–Crippen LogP) is 7.68. The lowest BCUT2D eigenvalue weighted by Crippen LogP contribution is -2.41. The molecule has 1 unspecified atom stereocenters. The zero-order valence-corrected chi connectivity index (χ0v) is 36.2. The van der Waals surface area contributed by atoms with E-state index in [9.17, 15) is 24.0 Å². The molecule has 2 atom stereocenters. The van der Waals surface area contributed by atoms with Gasteiger partial charge in [0.25, 0.3) is 0 Å². The number of unbranched alkanes of at least 4 members (excludes halogenated alkanes) is 17. The van der Waals surface area contributed by atoms with Crippen molar-refractivity contribution in [2.24, 2.45) is 11.5 Å². The molecule has 2 amide bonds. The number of ether oxygens (including phenoxy) is 3. The molecule has 6 N–H and O–H groups in total. The minimum absolute atomic E-state index is 0.0367. The van der Waals surface area contributed by atoms with E-state index < -0.39 is 24.1 Å². The van der Waals surface area contributed by atoms with E-state index in [4.69, 9.17) is 25.7 Å². The Hall–Kier alpha value is -2.03. The van der Waals surface area contributed by atoms with Gasteiger partial charge in [-0.05, 0) is 32.2 Å². The van der Waals surface area contributed by atoms with Gasteiger partial charge in [0.05, 0.1) is 12.5 Å². The van der Waals surface area contributed by atoms with Crippen LogP contribution in [-0.4, -0.2) is 86.2 Å². The van der Waals surface area contributed by atoms with Gasteiger partial charge in [-0.3, -0.25) is 24.0 Å². The lowest BCUT2D eigenvalue weighted by Gasteiger charge is -2.18. The van der Waals surface area contributed by atoms with E-state index in [0.717, 1.165) is 51.4 Å². The molecule has 0 aromatic carbocycles. The third kappa shape index (κ3) is 37.3. The Morgan fingerprint density at radius 3 is 1.51 bits per heavy atom. The van der Waals surface area contributed by atoms with Crippen LogP contribution in [0.15, 0.2) is 0 Å². The van der Waals surface area contributed by atoms with Gasteiger partial charge < -0.3 is 36.3 Å². The van der Waals surface area contributed by atoms with Crippen molar-refractivity contribution in [1.29, 1.82) is 0 Å². The Bertz CT molecular complexity index is 979. The van der Waals surface area contributed by atoms with Gasteiger partial charge >= 0.3 is 17.9 Å². The first-order valence-corrected chi connectivity index (χ1v) is 24.0. The number of carbonyl (C=O) groups is 5. The summed E-state index contributed by atoms with van der Waals surface area (Å²) >= 11 is 0. The third-order valence-corrected chi connectivity index (χ3v) is 11.5. The van der Waals surface area contributed by atoms with Crippen molar-refractivity contribution in [2.75, 3.05) is 44.4 Å². The number of amides is 2. The van der Waals surface area contributed by atoms with Crippen LogP contribution in [0.5, 0.6) is 0 Å². The summed E-state index contributed by atoms with van der Waals surface area (Å²) in [6.45, 7) is 5.53. The SMILES string of the molecule is CCCCCCCCCCCC(=O)OC[C@H](COC(=O)CCC(=O)NCCSSCCNC(=O)C(N)CCCCN)OC(=O)CCCCCCCCCCC. The normalized spacial score (nSPS) is 12.1. The molecule has 0 aromatic rings. The summed E-state index contributed by atoms with van der Waals surface area (Å²) in [5.41, 5.74) is 11.4. The van der Waals surface area contributed by atoms with Gasteiger partial charge in [-0.1, -0.05) is 145 Å². The van der Waals surface area contributed by atoms with Crippen LogP contribution in [0, 0.1) is 0 Å². The molecule has 0 saturated heterocycles. The second-order valence-corrected chi connectivity index (χ2v) is 17.0. The van der Waals surface area contributed by atoms with Crippen LogP contribution in [-0.2, 0) is 38.2 Å². The van der Waals surface area contributed by atoms with Crippen molar-refractivity contribution in [2.45, 2.75) is 187 Å². The molecule has 0 rings (SSSR count). The van der Waals surface area contributed by atoms with Crippen LogP contribution in [0.3, 0.4) is 0 Å². The maximum absolute atomic E-state index is 12.6. The Balaban J connectivity index is 4.41. The van der Waals surface area contributed by atoms with Crippen molar-refractivity contribution in [1.82, 2.24) is 10.6 Å². The number of esters is 3. The van der Waals surface area contributed by atoms with Gasteiger partial charge in [-0.25, -0.2) is 0 Å². The maximum atomic E-state index is 12.6. The zero-order valence-electron chi connectivity index (χ0n) is 34.5. The molecular weight excluding hydrogens is 741 g/mol. The van der Waals surface area contributed by atoms with Crippen molar-refractivity contribution in [3.8, 4) is 0 Å². The number of nitrogens with one attached hydrogen (secondary N) is 2. The second kappa shape index (κ2) is 40.2. The molecule has 322 valence electrons. The van der Waals surface area contributed by atoms with Crippen molar-refractivity contribution in [3.05, 3.63) is 0 Å². The average Bonchev–Trinajstić information content (AvgIpc) is 3.17. The van der Waals surface area contributed by atoms with Gasteiger partial charge in [0, 0.05) is 43.9 Å². The van der Waals surface area contributed by atoms with Crippen LogP contribution in [0.4, 0.5) is 0 Å². The molecule has 0 spiro atoms. The predicted molar refractivity (Wildman–Crippen MR) is 227 cm³/mol. The number of rotatable bonds is 40. The Morgan fingerprint density at radius 1 is 0.545 bits per heavy atom. The fraction of sp³-hybridized carbons (Fsp3) is 0.878. The zero-order chi connectivity index (χ0) is 40.6. The first-order valence-electron chi connectivity index (χ1n) is 21.5. The molecule has 0 aromatic heterocycles. The van der Waals surface area contributed by atoms with E-state index in [1.165, 1.54) is 70.6 Å². The van der Waals surface area contributed by atoms with Crippen molar-refractivity contribution in [3.63, 3.8) is 0 Å². The highest BCUT2D eigenvalue weighted by atomic mass is 33.1. The molecule has 0 heterocycles. The third-order valence-electron chi connectivity index (χ3n) is 9.07.